The highest BCUT2D eigenvalue weighted by molar-refractivity contribution is 5.93. The van der Waals surface area contributed by atoms with Gasteiger partial charge in [0.2, 0.25) is 11.8 Å². The van der Waals surface area contributed by atoms with Gasteiger partial charge in [0.25, 0.3) is 0 Å². The molecule has 0 aliphatic rings. The minimum atomic E-state index is -2.13. The lowest BCUT2D eigenvalue weighted by molar-refractivity contribution is -0.139. The normalized spacial score (nSPS) is 12.3. The summed E-state index contributed by atoms with van der Waals surface area (Å²) in [6, 6.07) is 5.42. The average Bonchev–Trinajstić information content (AvgIpc) is 2.73. The van der Waals surface area contributed by atoms with Crippen LogP contribution in [0.3, 0.4) is 0 Å². The van der Waals surface area contributed by atoms with E-state index in [0.29, 0.717) is 17.7 Å². The van der Waals surface area contributed by atoms with Gasteiger partial charge in [0, 0.05) is 19.4 Å². The van der Waals surface area contributed by atoms with Crippen LogP contribution < -0.4 is 10.6 Å². The molecule has 0 bridgehead atoms. The highest BCUT2D eigenvalue weighted by atomic mass is 16.5. The number of rotatable bonds is 14. The molecule has 1 aromatic rings. The fourth-order valence-electron chi connectivity index (χ4n) is 2.82. The molecule has 0 aliphatic carbocycles. The SMILES string of the molecule is CCCCCNC(=O)[C@H](Cc1ccc(C=C(C(=O)O)C(O)O)cc1)NC(=O)CCC(=O)O. The summed E-state index contributed by atoms with van der Waals surface area (Å²) in [5, 5.41) is 41.3. The Morgan fingerprint density at radius 1 is 1.00 bits per heavy atom. The number of aliphatic hydroxyl groups excluding tert-OH is 1. The highest BCUT2D eigenvalue weighted by Gasteiger charge is 2.21. The van der Waals surface area contributed by atoms with Crippen LogP contribution in [0.1, 0.15) is 50.2 Å². The van der Waals surface area contributed by atoms with Crippen LogP contribution in [0, 0.1) is 0 Å². The van der Waals surface area contributed by atoms with Gasteiger partial charge in [-0.3, -0.25) is 14.4 Å². The third-order valence-corrected chi connectivity index (χ3v) is 4.56. The van der Waals surface area contributed by atoms with Crippen LogP contribution in [0.2, 0.25) is 0 Å². The number of aliphatic hydroxyl groups is 2. The van der Waals surface area contributed by atoms with Crippen LogP contribution in [0.25, 0.3) is 6.08 Å². The third-order valence-electron chi connectivity index (χ3n) is 4.56. The van der Waals surface area contributed by atoms with Crippen molar-refractivity contribution in [1.29, 1.82) is 0 Å². The fourth-order valence-corrected chi connectivity index (χ4v) is 2.82. The number of carbonyl (C=O) groups excluding carboxylic acids is 2. The maximum Gasteiger partial charge on any atom is 0.336 e. The van der Waals surface area contributed by atoms with Crippen LogP contribution in [-0.4, -0.2) is 63.1 Å². The van der Waals surface area contributed by atoms with E-state index in [0.717, 1.165) is 25.3 Å². The van der Waals surface area contributed by atoms with Crippen LogP contribution in [0.5, 0.6) is 0 Å². The maximum atomic E-state index is 12.6. The van der Waals surface area contributed by atoms with Gasteiger partial charge in [0.15, 0.2) is 6.29 Å². The number of nitrogens with one attached hydrogen (secondary N) is 2. The van der Waals surface area contributed by atoms with Crippen molar-refractivity contribution in [2.24, 2.45) is 0 Å². The van der Waals surface area contributed by atoms with Gasteiger partial charge in [-0.25, -0.2) is 4.79 Å². The van der Waals surface area contributed by atoms with E-state index < -0.39 is 35.8 Å². The van der Waals surface area contributed by atoms with Crippen molar-refractivity contribution >= 4 is 29.8 Å². The van der Waals surface area contributed by atoms with Crippen molar-refractivity contribution < 1.29 is 39.6 Å². The average molecular weight is 450 g/mol. The van der Waals surface area contributed by atoms with E-state index in [9.17, 15) is 19.2 Å². The summed E-state index contributed by atoms with van der Waals surface area (Å²) in [4.78, 5) is 46.4. The summed E-state index contributed by atoms with van der Waals surface area (Å²) in [6.07, 6.45) is 1.26. The lowest BCUT2D eigenvalue weighted by Gasteiger charge is -2.19. The standard InChI is InChI=1S/C22H30N2O8/c1-2-3-4-11-23-20(28)17(24-18(25)9-10-19(26)27)13-15-7-5-14(6-8-15)12-16(21(29)30)22(31)32/h5-8,12,17,21,29-30H,2-4,9-11,13H2,1H3,(H,23,28)(H,24,25)(H,26,27)(H,31,32)/t17-/m0/s1. The Morgan fingerprint density at radius 3 is 2.19 bits per heavy atom. The van der Waals surface area contributed by atoms with E-state index in [4.69, 9.17) is 20.4 Å². The number of carbonyl (C=O) groups is 4. The first-order chi connectivity index (χ1) is 15.1. The zero-order chi connectivity index (χ0) is 24.1. The van der Waals surface area contributed by atoms with Gasteiger partial charge in [-0.2, -0.15) is 0 Å². The molecule has 0 unspecified atom stereocenters. The van der Waals surface area contributed by atoms with Crippen molar-refractivity contribution in [2.45, 2.75) is 57.8 Å². The number of amides is 2. The molecule has 10 heteroatoms. The van der Waals surface area contributed by atoms with E-state index >= 15 is 0 Å². The molecule has 1 atom stereocenters. The molecule has 10 nitrogen and oxygen atoms in total. The summed E-state index contributed by atoms with van der Waals surface area (Å²) in [6.45, 7) is 2.49. The topological polar surface area (TPSA) is 173 Å². The van der Waals surface area contributed by atoms with Crippen molar-refractivity contribution in [3.63, 3.8) is 0 Å². The van der Waals surface area contributed by atoms with Gasteiger partial charge in [0.1, 0.15) is 6.04 Å². The molecule has 0 heterocycles. The number of aliphatic carboxylic acids is 2. The van der Waals surface area contributed by atoms with Gasteiger partial charge >= 0.3 is 11.9 Å². The highest BCUT2D eigenvalue weighted by Crippen LogP contribution is 2.13. The number of carboxylic acids is 2. The van der Waals surface area contributed by atoms with E-state index in [1.807, 2.05) is 6.92 Å². The molecule has 0 radical (unpaired) electrons. The predicted octanol–water partition coefficient (Wildman–Crippen LogP) is 0.664. The molecule has 1 rings (SSSR count). The number of hydrogen-bond acceptors (Lipinski definition) is 6. The molecular formula is C22H30N2O8. The Morgan fingerprint density at radius 2 is 1.66 bits per heavy atom. The van der Waals surface area contributed by atoms with E-state index in [1.54, 1.807) is 24.3 Å². The molecule has 176 valence electrons. The molecule has 32 heavy (non-hydrogen) atoms. The molecule has 0 spiro atoms. The number of benzene rings is 1. The Labute approximate surface area is 186 Å². The molecule has 0 aliphatic heterocycles. The lowest BCUT2D eigenvalue weighted by Crippen LogP contribution is -2.48. The van der Waals surface area contributed by atoms with Crippen molar-refractivity contribution in [3.05, 3.63) is 41.0 Å². The van der Waals surface area contributed by atoms with E-state index in [2.05, 4.69) is 10.6 Å². The van der Waals surface area contributed by atoms with Gasteiger partial charge in [-0.15, -0.1) is 0 Å². The predicted molar refractivity (Wildman–Crippen MR) is 115 cm³/mol. The van der Waals surface area contributed by atoms with Crippen molar-refractivity contribution in [3.8, 4) is 0 Å². The smallest absolute Gasteiger partial charge is 0.336 e. The van der Waals surface area contributed by atoms with Crippen molar-refractivity contribution in [1.82, 2.24) is 10.6 Å². The first-order valence-corrected chi connectivity index (χ1v) is 10.3. The Hall–Kier alpha value is -3.24. The summed E-state index contributed by atoms with van der Waals surface area (Å²) < 4.78 is 0. The van der Waals surface area contributed by atoms with Gasteiger partial charge in [-0.1, -0.05) is 44.0 Å². The quantitative estimate of drug-likeness (QED) is 0.136. The Bertz CT molecular complexity index is 818. The molecule has 0 saturated carbocycles. The number of unbranched alkanes of at least 4 members (excludes halogenated alkanes) is 2. The fraction of sp³-hybridized carbons (Fsp3) is 0.455. The van der Waals surface area contributed by atoms with Gasteiger partial charge < -0.3 is 31.1 Å². The summed E-state index contributed by atoms with van der Waals surface area (Å²) >= 11 is 0. The first kappa shape index (κ1) is 26.8. The largest absolute Gasteiger partial charge is 0.481 e. The van der Waals surface area contributed by atoms with E-state index in [1.165, 1.54) is 0 Å². The Balaban J connectivity index is 2.91. The monoisotopic (exact) mass is 450 g/mol. The van der Waals surface area contributed by atoms with Crippen LogP contribution in [-0.2, 0) is 25.6 Å². The van der Waals surface area contributed by atoms with Gasteiger partial charge in [0.05, 0.1) is 12.0 Å². The molecule has 0 aromatic heterocycles. The molecule has 0 saturated heterocycles. The van der Waals surface area contributed by atoms with Crippen molar-refractivity contribution in [2.75, 3.05) is 6.54 Å². The summed E-state index contributed by atoms with van der Waals surface area (Å²) in [5.41, 5.74) is 0.480. The third kappa shape index (κ3) is 10.2. The lowest BCUT2D eigenvalue weighted by atomic mass is 10.0. The minimum absolute atomic E-state index is 0.136. The molecule has 0 fully saturated rings. The second-order valence-corrected chi connectivity index (χ2v) is 7.24. The maximum absolute atomic E-state index is 12.6. The van der Waals surface area contributed by atoms with Crippen LogP contribution >= 0.6 is 0 Å². The first-order valence-electron chi connectivity index (χ1n) is 10.3. The zero-order valence-corrected chi connectivity index (χ0v) is 17.9. The molecular weight excluding hydrogens is 420 g/mol. The second kappa shape index (κ2) is 13.9. The molecule has 6 N–H and O–H groups in total. The van der Waals surface area contributed by atoms with E-state index in [-0.39, 0.29) is 25.2 Å². The summed E-state index contributed by atoms with van der Waals surface area (Å²) in [7, 11) is 0. The summed E-state index contributed by atoms with van der Waals surface area (Å²) in [5.74, 6) is -3.51. The minimum Gasteiger partial charge on any atom is -0.481 e. The second-order valence-electron chi connectivity index (χ2n) is 7.24. The zero-order valence-electron chi connectivity index (χ0n) is 17.9. The van der Waals surface area contributed by atoms with Gasteiger partial charge in [-0.05, 0) is 23.6 Å². The molecule has 1 aromatic carbocycles. The van der Waals surface area contributed by atoms with Crippen LogP contribution in [0.15, 0.2) is 29.8 Å². The Kier molecular flexibility index (Phi) is 11.7. The number of hydrogen-bond donors (Lipinski definition) is 6. The van der Waals surface area contributed by atoms with Crippen LogP contribution in [0.4, 0.5) is 0 Å². The molecule has 2 amide bonds. The number of carboxylic acid groups (broad SMARTS) is 2.